The maximum atomic E-state index is 12.4. The Kier molecular flexibility index (Phi) is 4.68. The summed E-state index contributed by atoms with van der Waals surface area (Å²) < 4.78 is 12.4. The van der Waals surface area contributed by atoms with Gasteiger partial charge in [-0.05, 0) is 49.2 Å². The smallest absolute Gasteiger partial charge is 0.161 e. The number of fused-ring (bicyclic) bond motifs is 1. The molecule has 3 N–H and O–H groups in total. The van der Waals surface area contributed by atoms with E-state index in [0.717, 1.165) is 38.7 Å². The molecule has 5 rings (SSSR count). The molecule has 154 valence electrons. The lowest BCUT2D eigenvalue weighted by Crippen LogP contribution is -2.02. The van der Waals surface area contributed by atoms with Gasteiger partial charge in [0, 0.05) is 40.1 Å². The summed E-state index contributed by atoms with van der Waals surface area (Å²) in [7, 11) is -2.35. The van der Waals surface area contributed by atoms with Gasteiger partial charge in [-0.25, -0.2) is 9.97 Å². The summed E-state index contributed by atoms with van der Waals surface area (Å²) in [6.07, 6.45) is 5.40. The maximum Gasteiger partial charge on any atom is 0.161 e. The van der Waals surface area contributed by atoms with E-state index in [1.54, 1.807) is 25.7 Å². The van der Waals surface area contributed by atoms with E-state index in [1.807, 2.05) is 60.8 Å². The first-order valence-corrected chi connectivity index (χ1v) is 12.4. The fourth-order valence-corrected chi connectivity index (χ4v) is 4.25. The molecule has 3 heterocycles. The third-order valence-corrected chi connectivity index (χ3v) is 6.49. The highest BCUT2D eigenvalue weighted by atomic mass is 31.2. The van der Waals surface area contributed by atoms with Crippen LogP contribution in [0.25, 0.3) is 33.4 Å². The van der Waals surface area contributed by atoms with Crippen molar-refractivity contribution in [2.45, 2.75) is 0 Å². The van der Waals surface area contributed by atoms with E-state index in [9.17, 15) is 4.57 Å². The Morgan fingerprint density at radius 1 is 0.935 bits per heavy atom. The molecule has 31 heavy (non-hydrogen) atoms. The van der Waals surface area contributed by atoms with Crippen LogP contribution in [0.2, 0.25) is 0 Å². The van der Waals surface area contributed by atoms with E-state index >= 15 is 0 Å². The van der Waals surface area contributed by atoms with Gasteiger partial charge in [-0.2, -0.15) is 5.10 Å². The molecule has 0 bridgehead atoms. The number of rotatable bonds is 5. The number of hydrogen-bond donors (Lipinski definition) is 3. The van der Waals surface area contributed by atoms with Gasteiger partial charge < -0.3 is 14.9 Å². The average molecular weight is 428 g/mol. The molecule has 0 amide bonds. The predicted molar refractivity (Wildman–Crippen MR) is 126 cm³/mol. The van der Waals surface area contributed by atoms with Crippen LogP contribution in [-0.4, -0.2) is 38.5 Å². The van der Waals surface area contributed by atoms with Crippen molar-refractivity contribution in [2.75, 3.05) is 18.6 Å². The van der Waals surface area contributed by atoms with Gasteiger partial charge in [0.15, 0.2) is 5.82 Å². The van der Waals surface area contributed by atoms with Crippen LogP contribution in [-0.2, 0) is 4.57 Å². The van der Waals surface area contributed by atoms with Gasteiger partial charge in [-0.3, -0.25) is 5.10 Å². The average Bonchev–Trinajstić information content (AvgIpc) is 3.44. The van der Waals surface area contributed by atoms with Gasteiger partial charge in [0.1, 0.15) is 13.0 Å². The molecule has 0 aliphatic carbocycles. The van der Waals surface area contributed by atoms with Crippen LogP contribution >= 0.6 is 7.14 Å². The zero-order valence-electron chi connectivity index (χ0n) is 17.1. The van der Waals surface area contributed by atoms with Crippen molar-refractivity contribution >= 4 is 35.0 Å². The highest BCUT2D eigenvalue weighted by Gasteiger charge is 2.14. The van der Waals surface area contributed by atoms with Crippen LogP contribution in [0.1, 0.15) is 0 Å². The lowest BCUT2D eigenvalue weighted by molar-refractivity contribution is 0.588. The van der Waals surface area contributed by atoms with Gasteiger partial charge >= 0.3 is 0 Å². The Balaban J connectivity index is 1.40. The van der Waals surface area contributed by atoms with E-state index < -0.39 is 7.14 Å². The van der Waals surface area contributed by atoms with Crippen molar-refractivity contribution in [3.8, 4) is 22.5 Å². The van der Waals surface area contributed by atoms with Crippen LogP contribution in [0.3, 0.4) is 0 Å². The lowest BCUT2D eigenvalue weighted by atomic mass is 10.1. The van der Waals surface area contributed by atoms with Crippen LogP contribution in [0.15, 0.2) is 73.2 Å². The Labute approximate surface area is 179 Å². The maximum absolute atomic E-state index is 12.4. The molecule has 0 unspecified atom stereocenters. The number of hydrogen-bond acceptors (Lipinski definition) is 5. The molecule has 0 aliphatic heterocycles. The third-order valence-electron chi connectivity index (χ3n) is 5.09. The summed E-state index contributed by atoms with van der Waals surface area (Å²) in [6.45, 7) is 3.52. The fraction of sp³-hybridized carbons (Fsp3) is 0.0870. The van der Waals surface area contributed by atoms with Crippen molar-refractivity contribution in [1.29, 1.82) is 0 Å². The molecular weight excluding hydrogens is 407 g/mol. The molecule has 0 fully saturated rings. The summed E-state index contributed by atoms with van der Waals surface area (Å²) >= 11 is 0. The van der Waals surface area contributed by atoms with Crippen LogP contribution in [0, 0.1) is 0 Å². The highest BCUT2D eigenvalue weighted by molar-refractivity contribution is 7.69. The minimum atomic E-state index is -2.35. The summed E-state index contributed by atoms with van der Waals surface area (Å²) in [4.78, 5) is 12.4. The molecule has 0 radical (unpaired) electrons. The number of benzene rings is 2. The fourth-order valence-electron chi connectivity index (χ4n) is 3.41. The second-order valence-corrected chi connectivity index (χ2v) is 10.9. The van der Waals surface area contributed by atoms with E-state index in [-0.39, 0.29) is 0 Å². The quantitative estimate of drug-likeness (QED) is 0.342. The van der Waals surface area contributed by atoms with Crippen molar-refractivity contribution in [3.63, 3.8) is 0 Å². The highest BCUT2D eigenvalue weighted by Crippen LogP contribution is 2.35. The standard InChI is InChI=1S/C23H21N6OP/c1-31(2,30)22-12-16-3-4-17(11-20(16)28-22)23-24-10-9-21(29-23)27-19-7-5-15(6-8-19)18-13-25-26-14-18/h3-14,28H,1-2H3,(H,25,26)(H,24,27,29). The van der Waals surface area contributed by atoms with Crippen molar-refractivity contribution in [3.05, 3.63) is 73.2 Å². The lowest BCUT2D eigenvalue weighted by Gasteiger charge is -2.08. The van der Waals surface area contributed by atoms with Crippen LogP contribution in [0.4, 0.5) is 11.5 Å². The first-order valence-electron chi connectivity index (χ1n) is 9.84. The molecule has 0 spiro atoms. The molecule has 3 aromatic heterocycles. The van der Waals surface area contributed by atoms with Gasteiger partial charge in [0.2, 0.25) is 0 Å². The predicted octanol–water partition coefficient (Wildman–Crippen LogP) is 5.01. The van der Waals surface area contributed by atoms with Gasteiger partial charge in [0.25, 0.3) is 0 Å². The van der Waals surface area contributed by atoms with Crippen molar-refractivity contribution in [2.24, 2.45) is 0 Å². The Morgan fingerprint density at radius 3 is 2.48 bits per heavy atom. The second-order valence-electron chi connectivity index (χ2n) is 7.76. The van der Waals surface area contributed by atoms with Gasteiger partial charge in [-0.1, -0.05) is 24.3 Å². The topological polar surface area (TPSA) is 99.3 Å². The van der Waals surface area contributed by atoms with Crippen LogP contribution in [0.5, 0.6) is 0 Å². The largest absolute Gasteiger partial charge is 0.352 e. The normalized spacial score (nSPS) is 11.7. The number of aromatic nitrogens is 5. The van der Waals surface area contributed by atoms with Crippen LogP contribution < -0.4 is 10.8 Å². The zero-order valence-corrected chi connectivity index (χ0v) is 18.0. The zero-order chi connectivity index (χ0) is 21.4. The number of nitrogens with zero attached hydrogens (tertiary/aromatic N) is 3. The second kappa shape index (κ2) is 7.52. The molecule has 0 aliphatic rings. The summed E-state index contributed by atoms with van der Waals surface area (Å²) in [5.41, 5.74) is 5.65. The first-order chi connectivity index (χ1) is 15.0. The van der Waals surface area contributed by atoms with Gasteiger partial charge in [0.05, 0.1) is 11.6 Å². The molecular formula is C23H21N6OP. The Hall–Kier alpha value is -3.70. The minimum absolute atomic E-state index is 0.620. The van der Waals surface area contributed by atoms with E-state index in [2.05, 4.69) is 30.5 Å². The van der Waals surface area contributed by atoms with Gasteiger partial charge in [-0.15, -0.1) is 0 Å². The Morgan fingerprint density at radius 2 is 1.74 bits per heavy atom. The monoisotopic (exact) mass is 428 g/mol. The molecule has 0 saturated heterocycles. The summed E-state index contributed by atoms with van der Waals surface area (Å²) in [5.74, 6) is 1.33. The van der Waals surface area contributed by atoms with E-state index in [4.69, 9.17) is 0 Å². The SMILES string of the molecule is CP(C)(=O)c1cc2ccc(-c3nccc(Nc4ccc(-c5cn[nH]c5)cc4)n3)cc2[nH]1. The minimum Gasteiger partial charge on any atom is -0.352 e. The number of nitrogens with one attached hydrogen (secondary N) is 3. The van der Waals surface area contributed by atoms with E-state index in [0.29, 0.717) is 11.6 Å². The summed E-state index contributed by atoms with van der Waals surface area (Å²) in [6, 6.07) is 17.8. The molecule has 8 heteroatoms. The molecule has 5 aromatic rings. The van der Waals surface area contributed by atoms with E-state index in [1.165, 1.54) is 0 Å². The molecule has 0 saturated carbocycles. The third kappa shape index (κ3) is 4.00. The van der Waals surface area contributed by atoms with Crippen molar-refractivity contribution < 1.29 is 4.57 Å². The first kappa shape index (κ1) is 19.3. The molecule has 0 atom stereocenters. The number of anilines is 2. The molecule has 2 aromatic carbocycles. The number of aromatic amines is 2. The Bertz CT molecular complexity index is 1400. The van der Waals surface area contributed by atoms with Crippen molar-refractivity contribution in [1.82, 2.24) is 25.1 Å². The summed E-state index contributed by atoms with van der Waals surface area (Å²) in [5, 5.41) is 11.2. The number of H-pyrrole nitrogens is 2. The molecule has 7 nitrogen and oxygen atoms in total.